The summed E-state index contributed by atoms with van der Waals surface area (Å²) in [5, 5.41) is 5.61. The molecule has 0 bridgehead atoms. The second-order valence-electron chi connectivity index (χ2n) is 6.18. The van der Waals surface area contributed by atoms with E-state index < -0.39 is 0 Å². The summed E-state index contributed by atoms with van der Waals surface area (Å²) in [6.07, 6.45) is 5.58. The Labute approximate surface area is 116 Å². The number of nitrogens with one attached hydrogen (secondary N) is 1. The van der Waals surface area contributed by atoms with Crippen molar-refractivity contribution in [3.05, 3.63) is 22.4 Å². The van der Waals surface area contributed by atoms with Crippen molar-refractivity contribution in [3.63, 3.8) is 0 Å². The van der Waals surface area contributed by atoms with Gasteiger partial charge in [0.05, 0.1) is 0 Å². The number of thiophene rings is 1. The summed E-state index contributed by atoms with van der Waals surface area (Å²) >= 11 is 1.93. The third-order valence-electron chi connectivity index (χ3n) is 4.63. The molecule has 0 saturated heterocycles. The summed E-state index contributed by atoms with van der Waals surface area (Å²) in [5.74, 6) is 3.57. The average molecular weight is 265 g/mol. The van der Waals surface area contributed by atoms with Gasteiger partial charge in [-0.3, -0.25) is 0 Å². The van der Waals surface area contributed by atoms with Gasteiger partial charge in [-0.2, -0.15) is 0 Å². The highest BCUT2D eigenvalue weighted by Gasteiger charge is 2.31. The van der Waals surface area contributed by atoms with E-state index in [1.807, 2.05) is 11.3 Å². The van der Waals surface area contributed by atoms with E-state index in [0.717, 1.165) is 23.7 Å². The number of hydrogen-bond acceptors (Lipinski definition) is 2. The lowest BCUT2D eigenvalue weighted by molar-refractivity contribution is 0.147. The molecule has 1 N–H and O–H groups in total. The molecule has 0 radical (unpaired) electrons. The van der Waals surface area contributed by atoms with E-state index in [4.69, 9.17) is 0 Å². The van der Waals surface area contributed by atoms with Crippen molar-refractivity contribution in [2.75, 3.05) is 13.6 Å². The highest BCUT2D eigenvalue weighted by molar-refractivity contribution is 7.09. The predicted octanol–water partition coefficient (Wildman–Crippen LogP) is 4.20. The summed E-state index contributed by atoms with van der Waals surface area (Å²) < 4.78 is 0. The Bertz CT molecular complexity index is 331. The van der Waals surface area contributed by atoms with E-state index in [-0.39, 0.29) is 0 Å². The van der Waals surface area contributed by atoms with Crippen molar-refractivity contribution in [2.24, 2.45) is 23.7 Å². The molecule has 3 unspecified atom stereocenters. The van der Waals surface area contributed by atoms with Crippen molar-refractivity contribution >= 4 is 11.3 Å². The molecular formula is C16H27NS. The van der Waals surface area contributed by atoms with Crippen LogP contribution in [0.25, 0.3) is 0 Å². The van der Waals surface area contributed by atoms with Gasteiger partial charge in [0.15, 0.2) is 0 Å². The van der Waals surface area contributed by atoms with E-state index in [1.165, 1.54) is 32.2 Å². The Morgan fingerprint density at radius 2 is 2.17 bits per heavy atom. The van der Waals surface area contributed by atoms with Crippen LogP contribution in [-0.2, 0) is 6.42 Å². The molecule has 1 aromatic rings. The first-order chi connectivity index (χ1) is 8.70. The van der Waals surface area contributed by atoms with Crippen LogP contribution in [0.15, 0.2) is 17.5 Å². The molecule has 0 aromatic carbocycles. The highest BCUT2D eigenvalue weighted by atomic mass is 32.1. The molecule has 0 spiro atoms. The zero-order valence-electron chi connectivity index (χ0n) is 12.0. The quantitative estimate of drug-likeness (QED) is 0.841. The van der Waals surface area contributed by atoms with Crippen LogP contribution in [0.3, 0.4) is 0 Å². The third-order valence-corrected chi connectivity index (χ3v) is 5.53. The minimum atomic E-state index is 0.853. The van der Waals surface area contributed by atoms with Gasteiger partial charge in [-0.05, 0) is 74.4 Å². The van der Waals surface area contributed by atoms with E-state index in [2.05, 4.69) is 43.7 Å². The van der Waals surface area contributed by atoms with Gasteiger partial charge < -0.3 is 5.32 Å². The fraction of sp³-hybridized carbons (Fsp3) is 0.750. The average Bonchev–Trinajstić information content (AvgIpc) is 2.84. The van der Waals surface area contributed by atoms with E-state index in [1.54, 1.807) is 4.88 Å². The fourth-order valence-electron chi connectivity index (χ4n) is 3.44. The molecule has 3 atom stereocenters. The Balaban J connectivity index is 2.00. The van der Waals surface area contributed by atoms with Gasteiger partial charge in [0.25, 0.3) is 0 Å². The smallest absolute Gasteiger partial charge is 0.00480 e. The molecule has 2 heteroatoms. The maximum Gasteiger partial charge on any atom is 0.00480 e. The Morgan fingerprint density at radius 3 is 2.78 bits per heavy atom. The molecule has 18 heavy (non-hydrogen) atoms. The van der Waals surface area contributed by atoms with Crippen LogP contribution < -0.4 is 5.32 Å². The Morgan fingerprint density at radius 1 is 1.33 bits per heavy atom. The third kappa shape index (κ3) is 3.58. The lowest BCUT2D eigenvalue weighted by Crippen LogP contribution is -2.34. The molecule has 0 aliphatic heterocycles. The fourth-order valence-corrected chi connectivity index (χ4v) is 4.24. The number of hydrogen-bond donors (Lipinski definition) is 1. The van der Waals surface area contributed by atoms with Crippen molar-refractivity contribution in [3.8, 4) is 0 Å². The molecule has 1 aromatic heterocycles. The second-order valence-corrected chi connectivity index (χ2v) is 7.21. The molecule has 1 nitrogen and oxygen atoms in total. The Kier molecular flexibility index (Phi) is 5.25. The van der Waals surface area contributed by atoms with Crippen molar-refractivity contribution in [1.29, 1.82) is 0 Å². The highest BCUT2D eigenvalue weighted by Crippen LogP contribution is 2.39. The molecule has 1 aliphatic carbocycles. The van der Waals surface area contributed by atoms with Gasteiger partial charge in [0, 0.05) is 4.88 Å². The summed E-state index contributed by atoms with van der Waals surface area (Å²) in [6, 6.07) is 4.50. The molecule has 102 valence electrons. The Hall–Kier alpha value is -0.340. The second kappa shape index (κ2) is 6.72. The maximum atomic E-state index is 3.39. The van der Waals surface area contributed by atoms with Crippen LogP contribution in [0.4, 0.5) is 0 Å². The van der Waals surface area contributed by atoms with E-state index >= 15 is 0 Å². The van der Waals surface area contributed by atoms with E-state index in [9.17, 15) is 0 Å². The first-order valence-corrected chi connectivity index (χ1v) is 8.25. The number of rotatable bonds is 5. The SMILES string of the molecule is CNCC1CCC(C(C)C)CC1Cc1cccs1. The van der Waals surface area contributed by atoms with Crippen LogP contribution in [0.2, 0.25) is 0 Å². The van der Waals surface area contributed by atoms with Gasteiger partial charge in [-0.25, -0.2) is 0 Å². The maximum absolute atomic E-state index is 3.39. The monoisotopic (exact) mass is 265 g/mol. The van der Waals surface area contributed by atoms with Crippen LogP contribution in [0.5, 0.6) is 0 Å². The van der Waals surface area contributed by atoms with Crippen LogP contribution in [-0.4, -0.2) is 13.6 Å². The summed E-state index contributed by atoms with van der Waals surface area (Å²) in [6.45, 7) is 5.98. The molecule has 1 saturated carbocycles. The zero-order valence-corrected chi connectivity index (χ0v) is 12.8. The summed E-state index contributed by atoms with van der Waals surface area (Å²) in [4.78, 5) is 1.57. The van der Waals surface area contributed by atoms with Crippen molar-refractivity contribution in [1.82, 2.24) is 5.32 Å². The van der Waals surface area contributed by atoms with Gasteiger partial charge in [-0.1, -0.05) is 19.9 Å². The molecule has 0 amide bonds. The minimum absolute atomic E-state index is 0.853. The van der Waals surface area contributed by atoms with Gasteiger partial charge in [0.1, 0.15) is 0 Å². The first kappa shape index (κ1) is 14.1. The predicted molar refractivity (Wildman–Crippen MR) is 81.1 cm³/mol. The van der Waals surface area contributed by atoms with Crippen LogP contribution >= 0.6 is 11.3 Å². The van der Waals surface area contributed by atoms with Crippen LogP contribution in [0, 0.1) is 23.7 Å². The molecular weight excluding hydrogens is 238 g/mol. The van der Waals surface area contributed by atoms with E-state index in [0.29, 0.717) is 0 Å². The molecule has 1 fully saturated rings. The van der Waals surface area contributed by atoms with Crippen LogP contribution in [0.1, 0.15) is 38.0 Å². The summed E-state index contributed by atoms with van der Waals surface area (Å²) in [5.41, 5.74) is 0. The van der Waals surface area contributed by atoms with Crippen molar-refractivity contribution in [2.45, 2.75) is 39.5 Å². The first-order valence-electron chi connectivity index (χ1n) is 7.37. The van der Waals surface area contributed by atoms with Gasteiger partial charge in [-0.15, -0.1) is 11.3 Å². The summed E-state index contributed by atoms with van der Waals surface area (Å²) in [7, 11) is 2.09. The van der Waals surface area contributed by atoms with Gasteiger partial charge in [0.2, 0.25) is 0 Å². The normalized spacial score (nSPS) is 28.8. The standard InChI is InChI=1S/C16H27NS/c1-12(2)13-6-7-14(11-17-3)15(9-13)10-16-5-4-8-18-16/h4-5,8,12-15,17H,6-7,9-11H2,1-3H3. The molecule has 1 aliphatic rings. The lowest BCUT2D eigenvalue weighted by atomic mass is 9.69. The lowest BCUT2D eigenvalue weighted by Gasteiger charge is -2.38. The van der Waals surface area contributed by atoms with Gasteiger partial charge >= 0.3 is 0 Å². The largest absolute Gasteiger partial charge is 0.319 e. The zero-order chi connectivity index (χ0) is 13.0. The molecule has 2 rings (SSSR count). The molecule has 1 heterocycles. The minimum Gasteiger partial charge on any atom is -0.319 e. The van der Waals surface area contributed by atoms with Crippen molar-refractivity contribution < 1.29 is 0 Å². The topological polar surface area (TPSA) is 12.0 Å².